The number of ether oxygens (including phenoxy) is 1. The Kier molecular flexibility index (Phi) is 6.05. The van der Waals surface area contributed by atoms with E-state index in [1.807, 2.05) is 67.6 Å². The van der Waals surface area contributed by atoms with Gasteiger partial charge in [0, 0.05) is 25.0 Å². The monoisotopic (exact) mass is 361 g/mol. The maximum atomic E-state index is 12.9. The molecular formula is C22H23N3O2. The van der Waals surface area contributed by atoms with Crippen molar-refractivity contribution in [3.8, 4) is 5.75 Å². The van der Waals surface area contributed by atoms with Gasteiger partial charge in [0.25, 0.3) is 5.91 Å². The molecule has 0 fully saturated rings. The molecule has 0 aliphatic heterocycles. The van der Waals surface area contributed by atoms with E-state index in [9.17, 15) is 4.79 Å². The highest BCUT2D eigenvalue weighted by Crippen LogP contribution is 2.27. The molecule has 1 amide bonds. The molecule has 1 heterocycles. The largest absolute Gasteiger partial charge is 0.495 e. The zero-order chi connectivity index (χ0) is 19.1. The van der Waals surface area contributed by atoms with Gasteiger partial charge < -0.3 is 15.0 Å². The van der Waals surface area contributed by atoms with Crippen LogP contribution in [0.4, 0.5) is 11.4 Å². The quantitative estimate of drug-likeness (QED) is 0.673. The third-order valence-corrected chi connectivity index (χ3v) is 4.25. The lowest BCUT2D eigenvalue weighted by atomic mass is 10.2. The summed E-state index contributed by atoms with van der Waals surface area (Å²) >= 11 is 0. The fraction of sp³-hybridized carbons (Fsp3) is 0.182. The van der Waals surface area contributed by atoms with E-state index >= 15 is 0 Å². The van der Waals surface area contributed by atoms with Crippen LogP contribution in [0.1, 0.15) is 23.0 Å². The van der Waals surface area contributed by atoms with Crippen molar-refractivity contribution in [3.05, 3.63) is 84.2 Å². The van der Waals surface area contributed by atoms with Crippen LogP contribution in [-0.2, 0) is 6.54 Å². The molecule has 5 nitrogen and oxygen atoms in total. The summed E-state index contributed by atoms with van der Waals surface area (Å²) in [6, 6.07) is 21.2. The highest BCUT2D eigenvalue weighted by Gasteiger charge is 2.16. The normalized spacial score (nSPS) is 10.3. The number of amides is 1. The minimum absolute atomic E-state index is 0.0926. The Morgan fingerprint density at radius 3 is 2.56 bits per heavy atom. The fourth-order valence-corrected chi connectivity index (χ4v) is 2.82. The van der Waals surface area contributed by atoms with Gasteiger partial charge in [0.2, 0.25) is 0 Å². The molecule has 1 aromatic heterocycles. The minimum Gasteiger partial charge on any atom is -0.495 e. The number of benzene rings is 2. The van der Waals surface area contributed by atoms with Gasteiger partial charge in [-0.15, -0.1) is 0 Å². The Labute approximate surface area is 159 Å². The van der Waals surface area contributed by atoms with Crippen LogP contribution in [0, 0.1) is 0 Å². The summed E-state index contributed by atoms with van der Waals surface area (Å²) in [5, 5.41) is 3.29. The van der Waals surface area contributed by atoms with Gasteiger partial charge in [-0.2, -0.15) is 0 Å². The predicted molar refractivity (Wildman–Crippen MR) is 107 cm³/mol. The van der Waals surface area contributed by atoms with Crippen LogP contribution in [0.2, 0.25) is 0 Å². The lowest BCUT2D eigenvalue weighted by Crippen LogP contribution is -2.31. The van der Waals surface area contributed by atoms with Crippen molar-refractivity contribution in [1.82, 2.24) is 9.88 Å². The number of aromatic nitrogens is 1. The van der Waals surface area contributed by atoms with Gasteiger partial charge in [0.15, 0.2) is 0 Å². The molecule has 0 aliphatic rings. The average Bonchev–Trinajstić information content (AvgIpc) is 2.73. The number of hydrogen-bond donors (Lipinski definition) is 1. The van der Waals surface area contributed by atoms with Gasteiger partial charge in [-0.3, -0.25) is 9.78 Å². The van der Waals surface area contributed by atoms with Crippen LogP contribution in [0.3, 0.4) is 0 Å². The van der Waals surface area contributed by atoms with Crippen LogP contribution in [0.5, 0.6) is 5.75 Å². The maximum absolute atomic E-state index is 12.9. The van der Waals surface area contributed by atoms with Crippen LogP contribution >= 0.6 is 0 Å². The van der Waals surface area contributed by atoms with Gasteiger partial charge in [0.1, 0.15) is 11.4 Å². The van der Waals surface area contributed by atoms with E-state index in [0.29, 0.717) is 18.8 Å². The molecule has 1 N–H and O–H groups in total. The number of hydrogen-bond acceptors (Lipinski definition) is 4. The predicted octanol–water partition coefficient (Wildman–Crippen LogP) is 4.50. The molecule has 2 aromatic carbocycles. The first kappa shape index (κ1) is 18.5. The van der Waals surface area contributed by atoms with Crippen molar-refractivity contribution in [2.75, 3.05) is 19.0 Å². The number of nitrogens with one attached hydrogen (secondary N) is 1. The van der Waals surface area contributed by atoms with E-state index in [1.165, 1.54) is 0 Å². The van der Waals surface area contributed by atoms with Gasteiger partial charge in [0.05, 0.1) is 12.8 Å². The number of rotatable bonds is 7. The molecule has 0 spiro atoms. The molecular weight excluding hydrogens is 338 g/mol. The van der Waals surface area contributed by atoms with Crippen LogP contribution in [0.25, 0.3) is 0 Å². The Hall–Kier alpha value is -3.34. The molecule has 0 saturated carbocycles. The number of carbonyl (C=O) groups excluding carboxylic acids is 1. The summed E-state index contributed by atoms with van der Waals surface area (Å²) in [5.41, 5.74) is 3.12. The lowest BCUT2D eigenvalue weighted by molar-refractivity contribution is 0.0746. The number of anilines is 2. The summed E-state index contributed by atoms with van der Waals surface area (Å²) in [7, 11) is 1.63. The number of carbonyl (C=O) groups is 1. The van der Waals surface area contributed by atoms with Crippen LogP contribution < -0.4 is 10.1 Å². The number of para-hydroxylation sites is 2. The summed E-state index contributed by atoms with van der Waals surface area (Å²) < 4.78 is 5.36. The zero-order valence-corrected chi connectivity index (χ0v) is 15.6. The molecule has 0 bridgehead atoms. The molecule has 138 valence electrons. The first-order valence-electron chi connectivity index (χ1n) is 8.90. The van der Waals surface area contributed by atoms with Crippen molar-refractivity contribution in [3.63, 3.8) is 0 Å². The van der Waals surface area contributed by atoms with Crippen molar-refractivity contribution < 1.29 is 9.53 Å². The maximum Gasteiger partial charge on any atom is 0.272 e. The average molecular weight is 361 g/mol. The van der Waals surface area contributed by atoms with Gasteiger partial charge >= 0.3 is 0 Å². The van der Waals surface area contributed by atoms with Gasteiger partial charge in [-0.05, 0) is 36.8 Å². The van der Waals surface area contributed by atoms with Crippen LogP contribution in [-0.4, -0.2) is 29.4 Å². The summed E-state index contributed by atoms with van der Waals surface area (Å²) in [4.78, 5) is 19.0. The molecule has 5 heteroatoms. The fourth-order valence-electron chi connectivity index (χ4n) is 2.82. The van der Waals surface area contributed by atoms with Gasteiger partial charge in [-0.25, -0.2) is 0 Å². The van der Waals surface area contributed by atoms with E-state index in [0.717, 1.165) is 22.7 Å². The smallest absolute Gasteiger partial charge is 0.272 e. The molecule has 3 rings (SSSR count). The van der Waals surface area contributed by atoms with Crippen molar-refractivity contribution in [1.29, 1.82) is 0 Å². The Morgan fingerprint density at radius 1 is 1.07 bits per heavy atom. The van der Waals surface area contributed by atoms with E-state index in [4.69, 9.17) is 4.74 Å². The Bertz CT molecular complexity index is 897. The third kappa shape index (κ3) is 4.64. The first-order valence-corrected chi connectivity index (χ1v) is 8.90. The zero-order valence-electron chi connectivity index (χ0n) is 15.6. The number of pyridine rings is 1. The molecule has 0 aliphatic carbocycles. The summed E-state index contributed by atoms with van der Waals surface area (Å²) in [6.45, 7) is 3.14. The highest BCUT2D eigenvalue weighted by atomic mass is 16.5. The molecule has 0 radical (unpaired) electrons. The van der Waals surface area contributed by atoms with Gasteiger partial charge in [-0.1, -0.05) is 42.5 Å². The Balaban J connectivity index is 1.78. The second-order valence-corrected chi connectivity index (χ2v) is 6.06. The van der Waals surface area contributed by atoms with Crippen molar-refractivity contribution in [2.24, 2.45) is 0 Å². The van der Waals surface area contributed by atoms with E-state index in [1.54, 1.807) is 24.3 Å². The second-order valence-electron chi connectivity index (χ2n) is 6.06. The Morgan fingerprint density at radius 2 is 1.81 bits per heavy atom. The molecule has 3 aromatic rings. The summed E-state index contributed by atoms with van der Waals surface area (Å²) in [5.74, 6) is 0.645. The van der Waals surface area contributed by atoms with Crippen molar-refractivity contribution in [2.45, 2.75) is 13.5 Å². The van der Waals surface area contributed by atoms with E-state index < -0.39 is 0 Å². The number of methoxy groups -OCH3 is 1. The lowest BCUT2D eigenvalue weighted by Gasteiger charge is -2.21. The standard InChI is InChI=1S/C22H23N3O2/c1-3-25(16-17-9-5-4-6-10-17)22(26)20-15-18(13-14-23-20)24-19-11-7-8-12-21(19)27-2/h4-15H,3,16H2,1-2H3,(H,23,24). The van der Waals surface area contributed by atoms with Crippen LogP contribution in [0.15, 0.2) is 72.9 Å². The third-order valence-electron chi connectivity index (χ3n) is 4.25. The van der Waals surface area contributed by atoms with E-state index in [2.05, 4.69) is 10.3 Å². The minimum atomic E-state index is -0.0926. The molecule has 0 unspecified atom stereocenters. The molecule has 0 atom stereocenters. The second kappa shape index (κ2) is 8.85. The molecule has 0 saturated heterocycles. The first-order chi connectivity index (χ1) is 13.2. The molecule has 27 heavy (non-hydrogen) atoms. The highest BCUT2D eigenvalue weighted by molar-refractivity contribution is 5.93. The van der Waals surface area contributed by atoms with E-state index in [-0.39, 0.29) is 5.91 Å². The number of nitrogens with zero attached hydrogens (tertiary/aromatic N) is 2. The summed E-state index contributed by atoms with van der Waals surface area (Å²) in [6.07, 6.45) is 1.64. The van der Waals surface area contributed by atoms with Crippen molar-refractivity contribution >= 4 is 17.3 Å². The SMILES string of the molecule is CCN(Cc1ccccc1)C(=O)c1cc(Nc2ccccc2OC)ccn1. The topological polar surface area (TPSA) is 54.5 Å².